The van der Waals surface area contributed by atoms with Gasteiger partial charge in [0, 0.05) is 26.8 Å². The molecule has 1 atom stereocenters. The van der Waals surface area contributed by atoms with Gasteiger partial charge in [-0.3, -0.25) is 0 Å². The van der Waals surface area contributed by atoms with Gasteiger partial charge in [0.25, 0.3) is 10.0 Å². The van der Waals surface area contributed by atoms with E-state index in [0.29, 0.717) is 32.1 Å². The maximum atomic E-state index is 12.1. The van der Waals surface area contributed by atoms with Crippen LogP contribution < -0.4 is 10.0 Å². The van der Waals surface area contributed by atoms with E-state index in [1.807, 2.05) is 0 Å². The van der Waals surface area contributed by atoms with E-state index in [2.05, 4.69) is 10.0 Å². The van der Waals surface area contributed by atoms with Gasteiger partial charge in [0.2, 0.25) is 5.09 Å². The Morgan fingerprint density at radius 2 is 2.29 bits per heavy atom. The highest BCUT2D eigenvalue weighted by Crippen LogP contribution is 2.15. The van der Waals surface area contributed by atoms with Crippen LogP contribution in [0.1, 0.15) is 18.6 Å². The second-order valence-electron chi connectivity index (χ2n) is 4.88. The number of methoxy groups -OCH3 is 1. The fourth-order valence-corrected chi connectivity index (χ4v) is 3.07. The van der Waals surface area contributed by atoms with Crippen molar-refractivity contribution in [2.24, 2.45) is 0 Å². The fourth-order valence-electron chi connectivity index (χ4n) is 2.06. The average Bonchev–Trinajstić information content (AvgIpc) is 3.13. The molecule has 1 aromatic heterocycles. The highest BCUT2D eigenvalue weighted by Gasteiger charge is 2.22. The van der Waals surface area contributed by atoms with Crippen LogP contribution in [0.2, 0.25) is 0 Å². The minimum absolute atomic E-state index is 0.0371. The normalized spacial score (nSPS) is 19.2. The summed E-state index contributed by atoms with van der Waals surface area (Å²) < 4.78 is 42.3. The molecule has 21 heavy (non-hydrogen) atoms. The highest BCUT2D eigenvalue weighted by atomic mass is 32.2. The molecule has 2 rings (SSSR count). The third kappa shape index (κ3) is 5.08. The van der Waals surface area contributed by atoms with Crippen molar-refractivity contribution in [3.05, 3.63) is 17.9 Å². The molecule has 7 nitrogen and oxygen atoms in total. The number of hydrogen-bond acceptors (Lipinski definition) is 6. The Hall–Kier alpha value is -0.930. The molecule has 2 N–H and O–H groups in total. The predicted octanol–water partition coefficient (Wildman–Crippen LogP) is 0.473. The SMILES string of the molecule is COCCNCc1ccc(S(=O)(=O)NCC2CCCO2)o1. The topological polar surface area (TPSA) is 89.8 Å². The van der Waals surface area contributed by atoms with Crippen molar-refractivity contribution in [3.63, 3.8) is 0 Å². The van der Waals surface area contributed by atoms with Crippen molar-refractivity contribution in [2.45, 2.75) is 30.6 Å². The van der Waals surface area contributed by atoms with Crippen LogP contribution in [-0.4, -0.2) is 47.9 Å². The molecule has 0 bridgehead atoms. The molecule has 1 aliphatic rings. The third-order valence-corrected chi connectivity index (χ3v) is 4.50. The number of rotatable bonds is 9. The highest BCUT2D eigenvalue weighted by molar-refractivity contribution is 7.89. The molecule has 1 saturated heterocycles. The summed E-state index contributed by atoms with van der Waals surface area (Å²) in [6.45, 7) is 2.71. The summed E-state index contributed by atoms with van der Waals surface area (Å²) in [4.78, 5) is 0. The third-order valence-electron chi connectivity index (χ3n) is 3.21. The van der Waals surface area contributed by atoms with Crippen LogP contribution in [0, 0.1) is 0 Å². The maximum absolute atomic E-state index is 12.1. The molecule has 2 heterocycles. The number of sulfonamides is 1. The molecule has 0 radical (unpaired) electrons. The van der Waals surface area contributed by atoms with Crippen LogP contribution in [0.15, 0.2) is 21.6 Å². The average molecular weight is 318 g/mol. The Labute approximate surface area is 125 Å². The Kier molecular flexibility index (Phi) is 6.19. The first kappa shape index (κ1) is 16.4. The second-order valence-corrected chi connectivity index (χ2v) is 6.58. The number of nitrogens with one attached hydrogen (secondary N) is 2. The van der Waals surface area contributed by atoms with E-state index in [1.165, 1.54) is 6.07 Å². The first-order valence-corrected chi connectivity index (χ1v) is 8.50. The molecular weight excluding hydrogens is 296 g/mol. The zero-order valence-electron chi connectivity index (χ0n) is 12.1. The van der Waals surface area contributed by atoms with E-state index in [9.17, 15) is 8.42 Å². The van der Waals surface area contributed by atoms with E-state index in [4.69, 9.17) is 13.9 Å². The lowest BCUT2D eigenvalue weighted by Crippen LogP contribution is -2.31. The Morgan fingerprint density at radius 3 is 3.00 bits per heavy atom. The molecule has 1 unspecified atom stereocenters. The van der Waals surface area contributed by atoms with Gasteiger partial charge < -0.3 is 19.2 Å². The van der Waals surface area contributed by atoms with Gasteiger partial charge in [-0.2, -0.15) is 0 Å². The van der Waals surface area contributed by atoms with Gasteiger partial charge in [-0.15, -0.1) is 0 Å². The van der Waals surface area contributed by atoms with Crippen molar-refractivity contribution < 1.29 is 22.3 Å². The van der Waals surface area contributed by atoms with E-state index in [-0.39, 0.29) is 17.7 Å². The monoisotopic (exact) mass is 318 g/mol. The van der Waals surface area contributed by atoms with E-state index in [1.54, 1.807) is 13.2 Å². The van der Waals surface area contributed by atoms with Gasteiger partial charge in [-0.1, -0.05) is 0 Å². The van der Waals surface area contributed by atoms with Gasteiger partial charge in [-0.25, -0.2) is 13.1 Å². The van der Waals surface area contributed by atoms with Gasteiger partial charge in [0.05, 0.1) is 19.3 Å². The van der Waals surface area contributed by atoms with Crippen LogP contribution in [0.5, 0.6) is 0 Å². The zero-order valence-corrected chi connectivity index (χ0v) is 12.9. The molecule has 120 valence electrons. The van der Waals surface area contributed by atoms with Crippen LogP contribution in [0.3, 0.4) is 0 Å². The molecule has 0 amide bonds. The predicted molar refractivity (Wildman–Crippen MR) is 76.5 cm³/mol. The summed E-state index contributed by atoms with van der Waals surface area (Å²) >= 11 is 0. The molecule has 0 aliphatic carbocycles. The van der Waals surface area contributed by atoms with Crippen LogP contribution in [0.25, 0.3) is 0 Å². The molecule has 1 aromatic rings. The van der Waals surface area contributed by atoms with Crippen molar-refractivity contribution in [1.82, 2.24) is 10.0 Å². The lowest BCUT2D eigenvalue weighted by Gasteiger charge is -2.09. The second kappa shape index (κ2) is 7.90. The van der Waals surface area contributed by atoms with Crippen molar-refractivity contribution in [2.75, 3.05) is 33.4 Å². The Balaban J connectivity index is 1.83. The summed E-state index contributed by atoms with van der Waals surface area (Å²) in [5.41, 5.74) is 0. The number of furan rings is 1. The van der Waals surface area contributed by atoms with Crippen LogP contribution in [0.4, 0.5) is 0 Å². The molecular formula is C13H22N2O5S. The fraction of sp³-hybridized carbons (Fsp3) is 0.692. The van der Waals surface area contributed by atoms with Crippen molar-refractivity contribution >= 4 is 10.0 Å². The molecule has 1 fully saturated rings. The van der Waals surface area contributed by atoms with Gasteiger partial charge in [0.1, 0.15) is 5.76 Å². The first-order chi connectivity index (χ1) is 10.1. The minimum atomic E-state index is -3.61. The summed E-state index contributed by atoms with van der Waals surface area (Å²) in [6.07, 6.45) is 1.82. The quantitative estimate of drug-likeness (QED) is 0.644. The lowest BCUT2D eigenvalue weighted by atomic mass is 10.2. The van der Waals surface area contributed by atoms with E-state index >= 15 is 0 Å². The number of ether oxygens (including phenoxy) is 2. The molecule has 0 aromatic carbocycles. The first-order valence-electron chi connectivity index (χ1n) is 7.01. The van der Waals surface area contributed by atoms with Crippen LogP contribution in [-0.2, 0) is 26.0 Å². The summed E-state index contributed by atoms with van der Waals surface area (Å²) in [7, 11) is -1.99. The smallest absolute Gasteiger partial charge is 0.274 e. The van der Waals surface area contributed by atoms with Crippen molar-refractivity contribution in [1.29, 1.82) is 0 Å². The molecule has 1 aliphatic heterocycles. The molecule has 0 spiro atoms. The van der Waals surface area contributed by atoms with Crippen LogP contribution >= 0.6 is 0 Å². The minimum Gasteiger partial charge on any atom is -0.447 e. The van der Waals surface area contributed by atoms with Gasteiger partial charge >= 0.3 is 0 Å². The summed E-state index contributed by atoms with van der Waals surface area (Å²) in [5, 5.41) is 3.02. The summed E-state index contributed by atoms with van der Waals surface area (Å²) in [6, 6.07) is 3.12. The Bertz CT molecular complexity index is 522. The maximum Gasteiger partial charge on any atom is 0.274 e. The van der Waals surface area contributed by atoms with E-state index in [0.717, 1.165) is 12.8 Å². The zero-order chi connectivity index (χ0) is 15.1. The van der Waals surface area contributed by atoms with Crippen molar-refractivity contribution in [3.8, 4) is 0 Å². The largest absolute Gasteiger partial charge is 0.447 e. The number of hydrogen-bond donors (Lipinski definition) is 2. The van der Waals surface area contributed by atoms with Gasteiger partial charge in [0.15, 0.2) is 0 Å². The van der Waals surface area contributed by atoms with E-state index < -0.39 is 10.0 Å². The molecule has 0 saturated carbocycles. The summed E-state index contributed by atoms with van der Waals surface area (Å²) in [5.74, 6) is 0.573. The standard InChI is InChI=1S/C13H22N2O5S/c1-18-8-6-14-9-12-4-5-13(20-12)21(16,17)15-10-11-3-2-7-19-11/h4-5,11,14-15H,2-3,6-10H2,1H3. The van der Waals surface area contributed by atoms with Gasteiger partial charge in [-0.05, 0) is 25.0 Å². The molecule has 8 heteroatoms. The Morgan fingerprint density at radius 1 is 1.43 bits per heavy atom. The lowest BCUT2D eigenvalue weighted by molar-refractivity contribution is 0.114.